The minimum Gasteiger partial charge on any atom is -0.346 e. The van der Waals surface area contributed by atoms with Gasteiger partial charge in [-0.1, -0.05) is 30.5 Å². The summed E-state index contributed by atoms with van der Waals surface area (Å²) in [6.07, 6.45) is -2.48. The van der Waals surface area contributed by atoms with Crippen LogP contribution in [0.2, 0.25) is 10.7 Å². The Kier molecular flexibility index (Phi) is 6.05. The van der Waals surface area contributed by atoms with Crippen molar-refractivity contribution in [2.24, 2.45) is 0 Å². The second kappa shape index (κ2) is 6.82. The van der Waals surface area contributed by atoms with Crippen LogP contribution in [0.5, 0.6) is 0 Å². The fraction of sp³-hybridized carbons (Fsp3) is 0.273. The van der Waals surface area contributed by atoms with Crippen LogP contribution in [0.4, 0.5) is 13.2 Å². The molecule has 0 radical (unpaired) electrons. The zero-order valence-electron chi connectivity index (χ0n) is 9.47. The molecule has 0 aliphatic carbocycles. The molecule has 0 heterocycles. The molecule has 1 atom stereocenters. The lowest BCUT2D eigenvalue weighted by Gasteiger charge is -2.07. The molecule has 0 spiro atoms. The maximum atomic E-state index is 12.5. The highest BCUT2D eigenvalue weighted by molar-refractivity contribution is 6.99. The normalized spacial score (nSPS) is 13.7. The lowest BCUT2D eigenvalue weighted by atomic mass is 10.1. The number of benzene rings is 1. The highest BCUT2D eigenvalue weighted by Crippen LogP contribution is 2.29. The molecular weight excluding hydrogens is 277 g/mol. The Bertz CT molecular complexity index is 393. The van der Waals surface area contributed by atoms with E-state index in [0.29, 0.717) is 5.56 Å². The Morgan fingerprint density at radius 3 is 2.71 bits per heavy atom. The van der Waals surface area contributed by atoms with Crippen LogP contribution in [0.15, 0.2) is 30.0 Å². The number of hydrogen-bond acceptors (Lipinski definition) is 0. The standard InChI is InChI=1S/C11H12F3Si.ClH.Mg/c1-15(2)7-6-9-4-3-5-10(8-9)11(12,13)14;;/h3-8,15H,1H2,2H3;1H;/q;;+1/p-1. The van der Waals surface area contributed by atoms with Crippen molar-refractivity contribution in [3.05, 3.63) is 41.1 Å². The van der Waals surface area contributed by atoms with Gasteiger partial charge in [0.2, 0.25) is 0 Å². The summed E-state index contributed by atoms with van der Waals surface area (Å²) in [5.74, 6) is 0. The van der Waals surface area contributed by atoms with E-state index in [1.165, 1.54) is 12.1 Å². The largest absolute Gasteiger partial charge is 0.498 e. The van der Waals surface area contributed by atoms with Gasteiger partial charge in [-0.2, -0.15) is 13.2 Å². The second-order valence-electron chi connectivity index (χ2n) is 3.94. The fourth-order valence-electron chi connectivity index (χ4n) is 1.36. The lowest BCUT2D eigenvalue weighted by molar-refractivity contribution is -0.137. The molecule has 1 aromatic carbocycles. The third-order valence-electron chi connectivity index (χ3n) is 2.40. The molecule has 0 bridgehead atoms. The first-order valence-corrected chi connectivity index (χ1v) is 11.1. The van der Waals surface area contributed by atoms with Gasteiger partial charge in [0.25, 0.3) is 0 Å². The van der Waals surface area contributed by atoms with Crippen molar-refractivity contribution in [3.8, 4) is 0 Å². The van der Waals surface area contributed by atoms with E-state index in [1.54, 1.807) is 12.1 Å². The first kappa shape index (κ1) is 15.1. The average Bonchev–Trinajstić information content (AvgIpc) is 2.26. The van der Waals surface area contributed by atoms with Gasteiger partial charge in [-0.25, -0.2) is 0 Å². The summed E-state index contributed by atoms with van der Waals surface area (Å²) in [5.41, 5.74) is 2.06. The van der Waals surface area contributed by atoms with Gasteiger partial charge in [-0.3, -0.25) is 0 Å². The van der Waals surface area contributed by atoms with E-state index in [-0.39, 0.29) is 0 Å². The Balaban J connectivity index is 2.79. The van der Waals surface area contributed by atoms with Crippen molar-refractivity contribution >= 4 is 43.2 Å². The molecular formula is C11H12ClF3MgSi. The first-order chi connectivity index (χ1) is 7.93. The fourth-order valence-corrected chi connectivity index (χ4v) is 7.16. The van der Waals surface area contributed by atoms with Gasteiger partial charge < -0.3 is 9.07 Å². The topological polar surface area (TPSA) is 0 Å². The van der Waals surface area contributed by atoms with Gasteiger partial charge in [0, 0.05) is 8.80 Å². The van der Waals surface area contributed by atoms with Crippen LogP contribution in [0.3, 0.4) is 0 Å². The van der Waals surface area contributed by atoms with Gasteiger partial charge in [0.1, 0.15) is 0 Å². The van der Waals surface area contributed by atoms with Crippen LogP contribution >= 0.6 is 9.07 Å². The van der Waals surface area contributed by atoms with Crippen LogP contribution in [0.25, 0.3) is 6.08 Å². The van der Waals surface area contributed by atoms with Crippen molar-refractivity contribution < 1.29 is 13.2 Å². The Morgan fingerprint density at radius 2 is 2.12 bits per heavy atom. The van der Waals surface area contributed by atoms with Crippen LogP contribution in [-0.2, 0) is 6.18 Å². The molecule has 0 saturated heterocycles. The van der Waals surface area contributed by atoms with Crippen molar-refractivity contribution in [1.29, 1.82) is 0 Å². The van der Waals surface area contributed by atoms with Crippen molar-refractivity contribution in [1.82, 2.24) is 0 Å². The van der Waals surface area contributed by atoms with Crippen LogP contribution in [-0.4, -0.2) is 28.1 Å². The van der Waals surface area contributed by atoms with E-state index in [0.717, 1.165) is 10.2 Å². The summed E-state index contributed by atoms with van der Waals surface area (Å²) in [7, 11) is 4.79. The zero-order valence-corrected chi connectivity index (χ0v) is 12.8. The highest BCUT2D eigenvalue weighted by Gasteiger charge is 2.30. The number of rotatable bonds is 4. The highest BCUT2D eigenvalue weighted by atomic mass is 35.5. The molecule has 0 saturated carbocycles. The predicted molar refractivity (Wildman–Crippen MR) is 69.9 cm³/mol. The number of hydrogen-bond donors (Lipinski definition) is 0. The molecule has 1 unspecified atom stereocenters. The van der Waals surface area contributed by atoms with Gasteiger partial charge >= 0.3 is 25.4 Å². The van der Waals surface area contributed by atoms with Crippen LogP contribution in [0.1, 0.15) is 11.1 Å². The molecule has 0 amide bonds. The summed E-state index contributed by atoms with van der Waals surface area (Å²) >= 11 is -0.461. The summed E-state index contributed by atoms with van der Waals surface area (Å²) < 4.78 is 38.5. The van der Waals surface area contributed by atoms with E-state index in [4.69, 9.17) is 9.07 Å². The molecule has 1 aromatic rings. The smallest absolute Gasteiger partial charge is 0.346 e. The molecule has 0 aliphatic rings. The van der Waals surface area contributed by atoms with E-state index >= 15 is 0 Å². The van der Waals surface area contributed by atoms with Crippen molar-refractivity contribution in [2.75, 3.05) is 0 Å². The molecule has 0 aromatic heterocycles. The van der Waals surface area contributed by atoms with Gasteiger partial charge in [0.15, 0.2) is 0 Å². The predicted octanol–water partition coefficient (Wildman–Crippen LogP) is 3.93. The van der Waals surface area contributed by atoms with E-state index in [9.17, 15) is 13.2 Å². The molecule has 1 rings (SSSR count). The molecule has 17 heavy (non-hydrogen) atoms. The summed E-state index contributed by atoms with van der Waals surface area (Å²) in [4.78, 5) is 0. The van der Waals surface area contributed by atoms with E-state index in [1.807, 2.05) is 5.70 Å². The SMILES string of the molecule is C[SiH](C=Cc1cccc(C(F)(F)F)c1)[CH2][Mg][Cl]. The maximum Gasteiger partial charge on any atom is 0.498 e. The number of alkyl halides is 3. The third kappa shape index (κ3) is 5.46. The number of halogens is 4. The van der Waals surface area contributed by atoms with Gasteiger partial charge in [-0.15, -0.1) is 4.17 Å². The van der Waals surface area contributed by atoms with E-state index in [2.05, 4.69) is 6.55 Å². The minimum atomic E-state index is -4.27. The Labute approximate surface area is 114 Å². The monoisotopic (exact) mass is 288 g/mol. The lowest BCUT2D eigenvalue weighted by Crippen LogP contribution is -2.05. The average molecular weight is 289 g/mol. The van der Waals surface area contributed by atoms with Crippen molar-refractivity contribution in [2.45, 2.75) is 16.9 Å². The molecule has 0 nitrogen and oxygen atoms in total. The summed E-state index contributed by atoms with van der Waals surface area (Å²) in [6, 6.07) is 5.38. The van der Waals surface area contributed by atoms with Gasteiger partial charge in [0.05, 0.1) is 5.56 Å². The molecule has 0 fully saturated rings. The molecule has 0 aliphatic heterocycles. The maximum absolute atomic E-state index is 12.5. The Morgan fingerprint density at radius 1 is 1.41 bits per heavy atom. The first-order valence-electron chi connectivity index (χ1n) is 5.35. The third-order valence-corrected chi connectivity index (χ3v) is 9.72. The summed E-state index contributed by atoms with van der Waals surface area (Å²) in [6.45, 7) is 2.15. The van der Waals surface area contributed by atoms with E-state index < -0.39 is 39.8 Å². The van der Waals surface area contributed by atoms with Crippen molar-refractivity contribution in [3.63, 3.8) is 0 Å². The molecule has 90 valence electrons. The zero-order chi connectivity index (χ0) is 12.9. The summed E-state index contributed by atoms with van der Waals surface area (Å²) in [5, 5.41) is 0. The minimum absolute atomic E-state index is 0.461. The second-order valence-corrected chi connectivity index (χ2v) is 10.1. The van der Waals surface area contributed by atoms with Gasteiger partial charge in [-0.05, 0) is 17.7 Å². The quantitative estimate of drug-likeness (QED) is 0.737. The van der Waals surface area contributed by atoms with Crippen LogP contribution < -0.4 is 0 Å². The molecule has 6 heteroatoms. The van der Waals surface area contributed by atoms with Crippen LogP contribution in [0, 0.1) is 0 Å². The molecule has 0 N–H and O–H groups in total. The Hall–Kier alpha value is 0.0231.